The maximum absolute atomic E-state index is 13.2. The van der Waals surface area contributed by atoms with Gasteiger partial charge in [-0.3, -0.25) is 14.4 Å². The Labute approximate surface area is 160 Å². The summed E-state index contributed by atoms with van der Waals surface area (Å²) in [5.41, 5.74) is 0.293. The maximum atomic E-state index is 13.2. The second-order valence-corrected chi connectivity index (χ2v) is 9.49. The minimum absolute atomic E-state index is 0.172. The summed E-state index contributed by atoms with van der Waals surface area (Å²) >= 11 is 0. The summed E-state index contributed by atoms with van der Waals surface area (Å²) in [5.74, 6) is 0.188. The highest BCUT2D eigenvalue weighted by Crippen LogP contribution is 2.69. The Hall–Kier alpha value is -1.65. The van der Waals surface area contributed by atoms with Crippen LogP contribution in [-0.4, -0.2) is 30.9 Å². The molecule has 0 radical (unpaired) electrons. The summed E-state index contributed by atoms with van der Waals surface area (Å²) in [6, 6.07) is 0. The van der Waals surface area contributed by atoms with Crippen molar-refractivity contribution in [3.05, 3.63) is 12.2 Å². The number of methoxy groups -OCH3 is 1. The van der Waals surface area contributed by atoms with Crippen molar-refractivity contribution in [3.8, 4) is 0 Å². The smallest absolute Gasteiger partial charge is 0.309 e. The van der Waals surface area contributed by atoms with Crippen LogP contribution in [0.15, 0.2) is 12.2 Å². The van der Waals surface area contributed by atoms with Crippen molar-refractivity contribution in [3.63, 3.8) is 0 Å². The van der Waals surface area contributed by atoms with Crippen LogP contribution in [-0.2, 0) is 23.9 Å². The van der Waals surface area contributed by atoms with E-state index >= 15 is 0 Å². The van der Waals surface area contributed by atoms with E-state index in [1.807, 2.05) is 0 Å². The van der Waals surface area contributed by atoms with E-state index in [0.717, 1.165) is 44.1 Å². The minimum Gasteiger partial charge on any atom is -0.469 e. The average Bonchev–Trinajstić information content (AvgIpc) is 2.79. The highest BCUT2D eigenvalue weighted by molar-refractivity contribution is 6.03. The standard InChI is InChI=1S/C22H30O5/c1-12-14-5-6-18-21(3)11-15(27-13(2)23)9-16(20(25)26-4)17(21)7-8-22(18,10-14)19(12)24/h14-18H,1,5-11H2,2-4H3/t14-,15-,16-,17-,18+,21-,22-/m1/s1. The maximum Gasteiger partial charge on any atom is 0.309 e. The Balaban J connectivity index is 1.74. The lowest BCUT2D eigenvalue weighted by Crippen LogP contribution is -2.59. The molecule has 0 unspecified atom stereocenters. The van der Waals surface area contributed by atoms with Crippen molar-refractivity contribution in [2.24, 2.45) is 34.5 Å². The van der Waals surface area contributed by atoms with Crippen molar-refractivity contribution < 1.29 is 23.9 Å². The Morgan fingerprint density at radius 3 is 2.59 bits per heavy atom. The van der Waals surface area contributed by atoms with Crippen LogP contribution in [0.3, 0.4) is 0 Å². The van der Waals surface area contributed by atoms with Gasteiger partial charge in [-0.15, -0.1) is 0 Å². The van der Waals surface area contributed by atoms with Gasteiger partial charge in [-0.25, -0.2) is 0 Å². The first-order chi connectivity index (χ1) is 12.7. The number of ketones is 1. The molecule has 0 aliphatic heterocycles. The number of ether oxygens (including phenoxy) is 2. The number of rotatable bonds is 2. The van der Waals surface area contributed by atoms with Crippen LogP contribution in [0.4, 0.5) is 0 Å². The second-order valence-electron chi connectivity index (χ2n) is 9.49. The molecule has 7 atom stereocenters. The topological polar surface area (TPSA) is 69.7 Å². The summed E-state index contributed by atoms with van der Waals surface area (Å²) in [6.07, 6.45) is 5.56. The lowest BCUT2D eigenvalue weighted by Gasteiger charge is -2.61. The summed E-state index contributed by atoms with van der Waals surface area (Å²) in [5, 5.41) is 0. The SMILES string of the molecule is C=C1C(=O)[C@@]23CC[C@@H]4[C@H](C(=O)OC)C[C@@H](OC(C)=O)C[C@@]4(C)[C@@H]2CC[C@@H]1C3. The van der Waals surface area contributed by atoms with Crippen LogP contribution in [0, 0.1) is 34.5 Å². The lowest BCUT2D eigenvalue weighted by molar-refractivity contribution is -0.186. The van der Waals surface area contributed by atoms with E-state index in [2.05, 4.69) is 13.5 Å². The molecule has 4 fully saturated rings. The van der Waals surface area contributed by atoms with Crippen LogP contribution in [0.25, 0.3) is 0 Å². The third-order valence-corrected chi connectivity index (χ3v) is 8.37. The molecule has 0 heterocycles. The van der Waals surface area contributed by atoms with Crippen LogP contribution < -0.4 is 0 Å². The fourth-order valence-corrected chi connectivity index (χ4v) is 7.45. The quantitative estimate of drug-likeness (QED) is 0.547. The molecule has 0 aromatic heterocycles. The van der Waals surface area contributed by atoms with E-state index in [1.54, 1.807) is 0 Å². The van der Waals surface area contributed by atoms with Gasteiger partial charge >= 0.3 is 11.9 Å². The van der Waals surface area contributed by atoms with Crippen molar-refractivity contribution in [2.75, 3.05) is 7.11 Å². The van der Waals surface area contributed by atoms with Gasteiger partial charge in [0.2, 0.25) is 0 Å². The molecule has 4 aliphatic rings. The summed E-state index contributed by atoms with van der Waals surface area (Å²) < 4.78 is 10.7. The fraction of sp³-hybridized carbons (Fsp3) is 0.773. The normalized spacial score (nSPS) is 45.7. The number of carbonyl (C=O) groups is 3. The molecule has 0 amide bonds. The molecule has 0 N–H and O–H groups in total. The van der Waals surface area contributed by atoms with Crippen molar-refractivity contribution in [1.29, 1.82) is 0 Å². The van der Waals surface area contributed by atoms with Gasteiger partial charge in [-0.05, 0) is 73.7 Å². The molecular weight excluding hydrogens is 344 g/mol. The number of hydrogen-bond acceptors (Lipinski definition) is 5. The number of Topliss-reactive ketones (excluding diaryl/α,β-unsaturated/α-hetero) is 1. The van der Waals surface area contributed by atoms with E-state index in [1.165, 1.54) is 14.0 Å². The predicted octanol–water partition coefficient (Wildman–Crippen LogP) is 3.46. The summed E-state index contributed by atoms with van der Waals surface area (Å²) in [6.45, 7) is 7.75. The number of esters is 2. The van der Waals surface area contributed by atoms with Crippen molar-refractivity contribution >= 4 is 17.7 Å². The Morgan fingerprint density at radius 1 is 1.19 bits per heavy atom. The minimum atomic E-state index is -0.315. The van der Waals surface area contributed by atoms with E-state index in [-0.39, 0.29) is 52.4 Å². The lowest BCUT2D eigenvalue weighted by atomic mass is 9.43. The number of carbonyl (C=O) groups excluding carboxylic acids is 3. The Bertz CT molecular complexity index is 711. The third kappa shape index (κ3) is 2.53. The summed E-state index contributed by atoms with van der Waals surface area (Å²) in [7, 11) is 1.43. The van der Waals surface area contributed by atoms with Gasteiger partial charge in [0.25, 0.3) is 0 Å². The van der Waals surface area contributed by atoms with Crippen molar-refractivity contribution in [2.45, 2.75) is 64.9 Å². The van der Waals surface area contributed by atoms with Gasteiger partial charge in [0, 0.05) is 12.3 Å². The average molecular weight is 374 g/mol. The van der Waals surface area contributed by atoms with Crippen LogP contribution in [0.5, 0.6) is 0 Å². The van der Waals surface area contributed by atoms with E-state index < -0.39 is 0 Å². The fourth-order valence-electron chi connectivity index (χ4n) is 7.45. The highest BCUT2D eigenvalue weighted by atomic mass is 16.5. The van der Waals surface area contributed by atoms with E-state index in [9.17, 15) is 14.4 Å². The highest BCUT2D eigenvalue weighted by Gasteiger charge is 2.67. The van der Waals surface area contributed by atoms with Gasteiger partial charge in [-0.1, -0.05) is 13.5 Å². The van der Waals surface area contributed by atoms with Crippen LogP contribution in [0.2, 0.25) is 0 Å². The van der Waals surface area contributed by atoms with Crippen LogP contribution in [0.1, 0.15) is 58.8 Å². The Morgan fingerprint density at radius 2 is 1.93 bits per heavy atom. The zero-order valence-electron chi connectivity index (χ0n) is 16.6. The number of fused-ring (bicyclic) bond motifs is 3. The molecule has 4 saturated carbocycles. The molecule has 27 heavy (non-hydrogen) atoms. The van der Waals surface area contributed by atoms with Gasteiger partial charge in [-0.2, -0.15) is 0 Å². The number of hydrogen-bond donors (Lipinski definition) is 0. The third-order valence-electron chi connectivity index (χ3n) is 8.37. The molecule has 5 heteroatoms. The van der Waals surface area contributed by atoms with Gasteiger partial charge in [0.05, 0.1) is 13.0 Å². The van der Waals surface area contributed by atoms with Gasteiger partial charge in [0.1, 0.15) is 6.10 Å². The zero-order chi connectivity index (χ0) is 19.6. The molecule has 2 bridgehead atoms. The zero-order valence-corrected chi connectivity index (χ0v) is 16.6. The molecule has 5 nitrogen and oxygen atoms in total. The first-order valence-electron chi connectivity index (χ1n) is 10.2. The molecule has 4 rings (SSSR count). The molecule has 0 saturated heterocycles. The monoisotopic (exact) mass is 374 g/mol. The Kier molecular flexibility index (Phi) is 4.28. The van der Waals surface area contributed by atoms with Crippen LogP contribution >= 0.6 is 0 Å². The predicted molar refractivity (Wildman–Crippen MR) is 98.5 cm³/mol. The summed E-state index contributed by atoms with van der Waals surface area (Å²) in [4.78, 5) is 37.4. The molecular formula is C22H30O5. The van der Waals surface area contributed by atoms with E-state index in [0.29, 0.717) is 12.3 Å². The number of allylic oxidation sites excluding steroid dienone is 1. The molecule has 0 aromatic rings. The largest absolute Gasteiger partial charge is 0.469 e. The molecule has 0 aromatic carbocycles. The first-order valence-corrected chi connectivity index (χ1v) is 10.2. The van der Waals surface area contributed by atoms with E-state index in [4.69, 9.17) is 9.47 Å². The molecule has 4 aliphatic carbocycles. The van der Waals surface area contributed by atoms with Gasteiger partial charge < -0.3 is 9.47 Å². The van der Waals surface area contributed by atoms with Crippen molar-refractivity contribution in [1.82, 2.24) is 0 Å². The molecule has 148 valence electrons. The first kappa shape index (κ1) is 18.7. The van der Waals surface area contributed by atoms with Gasteiger partial charge in [0.15, 0.2) is 5.78 Å². The second kappa shape index (κ2) is 6.18. The molecule has 1 spiro atoms.